The number of carbonyl (C=O) groups excluding carboxylic acids is 1. The van der Waals surface area contributed by atoms with E-state index in [0.29, 0.717) is 34.4 Å². The predicted molar refractivity (Wildman–Crippen MR) is 101 cm³/mol. The standard InChI is InChI=1S/C17H17Cl2N3O4/c1-26-7-6-20-16-5-4-13(22(24)25)9-14(16)17(23)21-10-11-2-3-12(18)8-15(11)19/h2-5,8-9,20H,6-7,10H2,1H3,(H,21,23). The van der Waals surface area contributed by atoms with Gasteiger partial charge in [0.1, 0.15) is 0 Å². The third-order valence-electron chi connectivity index (χ3n) is 3.53. The maximum atomic E-state index is 12.6. The molecule has 0 saturated carbocycles. The molecule has 1 amide bonds. The molecule has 0 aliphatic carbocycles. The molecule has 0 heterocycles. The Bertz CT molecular complexity index is 815. The summed E-state index contributed by atoms with van der Waals surface area (Å²) in [4.78, 5) is 23.0. The van der Waals surface area contributed by atoms with Gasteiger partial charge in [-0.05, 0) is 23.8 Å². The van der Waals surface area contributed by atoms with E-state index in [1.807, 2.05) is 0 Å². The molecule has 0 aliphatic heterocycles. The van der Waals surface area contributed by atoms with Crippen LogP contribution in [0.1, 0.15) is 15.9 Å². The highest BCUT2D eigenvalue weighted by atomic mass is 35.5. The lowest BCUT2D eigenvalue weighted by Crippen LogP contribution is -2.24. The Labute approximate surface area is 160 Å². The van der Waals surface area contributed by atoms with Crippen LogP contribution in [0.2, 0.25) is 10.0 Å². The molecule has 26 heavy (non-hydrogen) atoms. The van der Waals surface area contributed by atoms with Crippen molar-refractivity contribution < 1.29 is 14.5 Å². The molecule has 2 aromatic carbocycles. The van der Waals surface area contributed by atoms with Crippen molar-refractivity contribution in [2.45, 2.75) is 6.54 Å². The molecule has 0 atom stereocenters. The summed E-state index contributed by atoms with van der Waals surface area (Å²) < 4.78 is 4.96. The molecule has 0 aliphatic rings. The van der Waals surface area contributed by atoms with E-state index < -0.39 is 10.8 Å². The van der Waals surface area contributed by atoms with Crippen LogP contribution in [0.5, 0.6) is 0 Å². The van der Waals surface area contributed by atoms with E-state index in [2.05, 4.69) is 10.6 Å². The van der Waals surface area contributed by atoms with Crippen LogP contribution in [-0.2, 0) is 11.3 Å². The number of hydrogen-bond donors (Lipinski definition) is 2. The summed E-state index contributed by atoms with van der Waals surface area (Å²) in [6.07, 6.45) is 0. The summed E-state index contributed by atoms with van der Waals surface area (Å²) in [5.41, 5.74) is 1.16. The fourth-order valence-electron chi connectivity index (χ4n) is 2.21. The second-order valence-corrected chi connectivity index (χ2v) is 6.17. The number of anilines is 1. The maximum absolute atomic E-state index is 12.6. The minimum Gasteiger partial charge on any atom is -0.383 e. The molecule has 9 heteroatoms. The van der Waals surface area contributed by atoms with Gasteiger partial charge in [0.2, 0.25) is 0 Å². The van der Waals surface area contributed by atoms with E-state index >= 15 is 0 Å². The molecule has 0 bridgehead atoms. The number of nitro benzene ring substituents is 1. The monoisotopic (exact) mass is 397 g/mol. The first-order valence-corrected chi connectivity index (χ1v) is 8.41. The van der Waals surface area contributed by atoms with Crippen molar-refractivity contribution in [2.24, 2.45) is 0 Å². The number of amides is 1. The normalized spacial score (nSPS) is 10.4. The Kier molecular flexibility index (Phi) is 7.20. The van der Waals surface area contributed by atoms with Crippen molar-refractivity contribution in [1.29, 1.82) is 0 Å². The van der Waals surface area contributed by atoms with Crippen LogP contribution in [0.15, 0.2) is 36.4 Å². The Hall–Kier alpha value is -2.35. The fraction of sp³-hybridized carbons (Fsp3) is 0.235. The number of nitro groups is 1. The lowest BCUT2D eigenvalue weighted by Gasteiger charge is -2.12. The number of non-ortho nitro benzene ring substituents is 1. The van der Waals surface area contributed by atoms with Crippen LogP contribution in [0.25, 0.3) is 0 Å². The number of ether oxygens (including phenoxy) is 1. The quantitative estimate of drug-likeness (QED) is 0.400. The zero-order chi connectivity index (χ0) is 19.1. The highest BCUT2D eigenvalue weighted by Crippen LogP contribution is 2.23. The number of halogens is 2. The number of methoxy groups -OCH3 is 1. The average molecular weight is 398 g/mol. The number of nitrogens with one attached hydrogen (secondary N) is 2. The van der Waals surface area contributed by atoms with Crippen LogP contribution in [0.3, 0.4) is 0 Å². The van der Waals surface area contributed by atoms with Crippen LogP contribution in [0.4, 0.5) is 11.4 Å². The van der Waals surface area contributed by atoms with E-state index in [-0.39, 0.29) is 17.8 Å². The zero-order valence-corrected chi connectivity index (χ0v) is 15.4. The van der Waals surface area contributed by atoms with Gasteiger partial charge in [-0.2, -0.15) is 0 Å². The highest BCUT2D eigenvalue weighted by Gasteiger charge is 2.17. The van der Waals surface area contributed by atoms with Gasteiger partial charge < -0.3 is 15.4 Å². The first kappa shape index (κ1) is 20.0. The van der Waals surface area contributed by atoms with Crippen LogP contribution < -0.4 is 10.6 Å². The summed E-state index contributed by atoms with van der Waals surface area (Å²) in [5, 5.41) is 17.7. The predicted octanol–water partition coefficient (Wildman–Crippen LogP) is 3.89. The molecule has 0 saturated heterocycles. The largest absolute Gasteiger partial charge is 0.383 e. The number of carbonyl (C=O) groups is 1. The number of benzene rings is 2. The van der Waals surface area contributed by atoms with E-state index in [0.717, 1.165) is 0 Å². The summed E-state index contributed by atoms with van der Waals surface area (Å²) in [6, 6.07) is 9.01. The van der Waals surface area contributed by atoms with Gasteiger partial charge in [0.25, 0.3) is 11.6 Å². The minimum atomic E-state index is -0.550. The topological polar surface area (TPSA) is 93.5 Å². The lowest BCUT2D eigenvalue weighted by molar-refractivity contribution is -0.384. The molecule has 7 nitrogen and oxygen atoms in total. The van der Waals surface area contributed by atoms with E-state index in [4.69, 9.17) is 27.9 Å². The Morgan fingerprint density at radius 3 is 2.65 bits per heavy atom. The van der Waals surface area contributed by atoms with Gasteiger partial charge in [-0.1, -0.05) is 29.3 Å². The second kappa shape index (κ2) is 9.38. The summed E-state index contributed by atoms with van der Waals surface area (Å²) in [5.74, 6) is -0.459. The van der Waals surface area contributed by atoms with Gasteiger partial charge in [0.15, 0.2) is 0 Å². The molecule has 0 radical (unpaired) electrons. The van der Waals surface area contributed by atoms with Crippen molar-refractivity contribution in [3.8, 4) is 0 Å². The molecular formula is C17H17Cl2N3O4. The number of hydrogen-bond acceptors (Lipinski definition) is 5. The molecular weight excluding hydrogens is 381 g/mol. The van der Waals surface area contributed by atoms with Crippen molar-refractivity contribution >= 4 is 40.5 Å². The fourth-order valence-corrected chi connectivity index (χ4v) is 2.69. The second-order valence-electron chi connectivity index (χ2n) is 5.32. The Morgan fingerprint density at radius 2 is 2.00 bits per heavy atom. The molecule has 0 fully saturated rings. The van der Waals surface area contributed by atoms with Crippen molar-refractivity contribution in [3.63, 3.8) is 0 Å². The molecule has 2 rings (SSSR count). The molecule has 138 valence electrons. The first-order valence-electron chi connectivity index (χ1n) is 7.65. The summed E-state index contributed by atoms with van der Waals surface area (Å²) >= 11 is 11.9. The van der Waals surface area contributed by atoms with Crippen LogP contribution in [0, 0.1) is 10.1 Å². The summed E-state index contributed by atoms with van der Waals surface area (Å²) in [6.45, 7) is 1.05. The Balaban J connectivity index is 2.18. The third kappa shape index (κ3) is 5.32. The number of nitrogens with zero attached hydrogens (tertiary/aromatic N) is 1. The van der Waals surface area contributed by atoms with Gasteiger partial charge in [-0.3, -0.25) is 14.9 Å². The SMILES string of the molecule is COCCNc1ccc([N+](=O)[O-])cc1C(=O)NCc1ccc(Cl)cc1Cl. The van der Waals surface area contributed by atoms with Gasteiger partial charge in [0, 0.05) is 48.1 Å². The van der Waals surface area contributed by atoms with Crippen molar-refractivity contribution in [2.75, 3.05) is 25.6 Å². The molecule has 0 aromatic heterocycles. The van der Waals surface area contributed by atoms with E-state index in [1.54, 1.807) is 25.3 Å². The van der Waals surface area contributed by atoms with Gasteiger partial charge in [-0.25, -0.2) is 0 Å². The third-order valence-corrected chi connectivity index (χ3v) is 4.12. The number of rotatable bonds is 8. The molecule has 2 aromatic rings. The van der Waals surface area contributed by atoms with Gasteiger partial charge >= 0.3 is 0 Å². The molecule has 2 N–H and O–H groups in total. The maximum Gasteiger partial charge on any atom is 0.270 e. The first-order chi connectivity index (χ1) is 12.4. The van der Waals surface area contributed by atoms with Crippen molar-refractivity contribution in [3.05, 3.63) is 67.7 Å². The Morgan fingerprint density at radius 1 is 1.23 bits per heavy atom. The van der Waals surface area contributed by atoms with Crippen LogP contribution >= 0.6 is 23.2 Å². The molecule has 0 unspecified atom stereocenters. The lowest BCUT2D eigenvalue weighted by atomic mass is 10.1. The van der Waals surface area contributed by atoms with Crippen LogP contribution in [-0.4, -0.2) is 31.1 Å². The van der Waals surface area contributed by atoms with E-state index in [1.165, 1.54) is 18.2 Å². The molecule has 0 spiro atoms. The van der Waals surface area contributed by atoms with E-state index in [9.17, 15) is 14.9 Å². The smallest absolute Gasteiger partial charge is 0.270 e. The van der Waals surface area contributed by atoms with Crippen molar-refractivity contribution in [1.82, 2.24) is 5.32 Å². The zero-order valence-electron chi connectivity index (χ0n) is 13.9. The average Bonchev–Trinajstić information content (AvgIpc) is 2.61. The highest BCUT2D eigenvalue weighted by molar-refractivity contribution is 6.35. The summed E-state index contributed by atoms with van der Waals surface area (Å²) in [7, 11) is 1.56. The van der Waals surface area contributed by atoms with Gasteiger partial charge in [-0.15, -0.1) is 0 Å². The minimum absolute atomic E-state index is 0.162. The van der Waals surface area contributed by atoms with Gasteiger partial charge in [0.05, 0.1) is 17.1 Å².